The lowest BCUT2D eigenvalue weighted by Gasteiger charge is -2.08. The van der Waals surface area contributed by atoms with E-state index in [0.29, 0.717) is 6.04 Å². The van der Waals surface area contributed by atoms with Gasteiger partial charge in [-0.25, -0.2) is 4.68 Å². The van der Waals surface area contributed by atoms with E-state index in [0.717, 1.165) is 22.4 Å². The van der Waals surface area contributed by atoms with Gasteiger partial charge in [0.2, 0.25) is 0 Å². The van der Waals surface area contributed by atoms with Crippen LogP contribution in [0.15, 0.2) is 28.9 Å². The average molecular weight is 307 g/mol. The number of aromatic nitrogens is 3. The third-order valence-electron chi connectivity index (χ3n) is 3.16. The first kappa shape index (κ1) is 11.9. The van der Waals surface area contributed by atoms with Gasteiger partial charge in [-0.15, -0.1) is 5.10 Å². The molecule has 4 nitrogen and oxygen atoms in total. The second-order valence-corrected chi connectivity index (χ2v) is 5.58. The third kappa shape index (κ3) is 2.47. The van der Waals surface area contributed by atoms with Crippen LogP contribution in [0.2, 0.25) is 0 Å². The molecule has 0 atom stereocenters. The molecule has 0 spiro atoms. The fourth-order valence-corrected chi connectivity index (χ4v) is 2.14. The zero-order valence-electron chi connectivity index (χ0n) is 10.2. The molecule has 1 fully saturated rings. The standard InChI is InChI=1S/C13H15BrN4/c1-9-6-11(4-5-13(9)14)18-12(8-16-17-18)7-15-10-2-3-10/h4-6,8,10,15H,2-3,7H2,1H3. The zero-order valence-corrected chi connectivity index (χ0v) is 11.8. The molecule has 0 saturated heterocycles. The Kier molecular flexibility index (Phi) is 3.18. The van der Waals surface area contributed by atoms with Gasteiger partial charge in [-0.1, -0.05) is 21.1 Å². The van der Waals surface area contributed by atoms with E-state index in [9.17, 15) is 0 Å². The maximum absolute atomic E-state index is 4.17. The summed E-state index contributed by atoms with van der Waals surface area (Å²) in [6, 6.07) is 6.90. The van der Waals surface area contributed by atoms with Crippen molar-refractivity contribution in [3.63, 3.8) is 0 Å². The molecule has 18 heavy (non-hydrogen) atoms. The highest BCUT2D eigenvalue weighted by molar-refractivity contribution is 9.10. The van der Waals surface area contributed by atoms with Crippen molar-refractivity contribution in [3.05, 3.63) is 40.1 Å². The topological polar surface area (TPSA) is 42.7 Å². The highest BCUT2D eigenvalue weighted by Gasteiger charge is 2.21. The van der Waals surface area contributed by atoms with Gasteiger partial charge < -0.3 is 5.32 Å². The van der Waals surface area contributed by atoms with Gasteiger partial charge in [-0.05, 0) is 43.5 Å². The van der Waals surface area contributed by atoms with E-state index in [1.165, 1.54) is 18.4 Å². The normalized spacial score (nSPS) is 15.0. The van der Waals surface area contributed by atoms with Crippen molar-refractivity contribution < 1.29 is 0 Å². The lowest BCUT2D eigenvalue weighted by molar-refractivity contribution is 0.646. The van der Waals surface area contributed by atoms with Gasteiger partial charge in [-0.3, -0.25) is 0 Å². The van der Waals surface area contributed by atoms with E-state index in [1.807, 2.05) is 23.0 Å². The number of hydrogen-bond acceptors (Lipinski definition) is 3. The summed E-state index contributed by atoms with van der Waals surface area (Å²) in [7, 11) is 0. The van der Waals surface area contributed by atoms with Crippen LogP contribution in [0.3, 0.4) is 0 Å². The van der Waals surface area contributed by atoms with E-state index in [4.69, 9.17) is 0 Å². The highest BCUT2D eigenvalue weighted by Crippen LogP contribution is 2.21. The van der Waals surface area contributed by atoms with Gasteiger partial charge in [0, 0.05) is 17.1 Å². The van der Waals surface area contributed by atoms with Gasteiger partial charge in [0.1, 0.15) is 0 Å². The fourth-order valence-electron chi connectivity index (χ4n) is 1.89. The van der Waals surface area contributed by atoms with Crippen LogP contribution in [0, 0.1) is 6.92 Å². The highest BCUT2D eigenvalue weighted by atomic mass is 79.9. The van der Waals surface area contributed by atoms with Crippen molar-refractivity contribution >= 4 is 15.9 Å². The van der Waals surface area contributed by atoms with Crippen LogP contribution in [0.4, 0.5) is 0 Å². The molecule has 0 amide bonds. The van der Waals surface area contributed by atoms with Crippen molar-refractivity contribution in [2.24, 2.45) is 0 Å². The minimum Gasteiger partial charge on any atom is -0.308 e. The second kappa shape index (κ2) is 4.82. The molecule has 1 heterocycles. The smallest absolute Gasteiger partial charge is 0.0783 e. The number of nitrogens with zero attached hydrogens (tertiary/aromatic N) is 3. The molecule has 1 aromatic carbocycles. The number of aryl methyl sites for hydroxylation is 1. The van der Waals surface area contributed by atoms with E-state index in [-0.39, 0.29) is 0 Å². The maximum Gasteiger partial charge on any atom is 0.0783 e. The Hall–Kier alpha value is -1.20. The van der Waals surface area contributed by atoms with E-state index >= 15 is 0 Å². The summed E-state index contributed by atoms with van der Waals surface area (Å²) in [6.07, 6.45) is 4.41. The summed E-state index contributed by atoms with van der Waals surface area (Å²) >= 11 is 3.51. The maximum atomic E-state index is 4.17. The first-order valence-electron chi connectivity index (χ1n) is 6.13. The van der Waals surface area contributed by atoms with Gasteiger partial charge in [0.15, 0.2) is 0 Å². The predicted molar refractivity (Wildman–Crippen MR) is 73.7 cm³/mol. The molecule has 1 N–H and O–H groups in total. The Bertz CT molecular complexity index is 560. The molecule has 2 aromatic rings. The second-order valence-electron chi connectivity index (χ2n) is 4.73. The fraction of sp³-hybridized carbons (Fsp3) is 0.385. The van der Waals surface area contributed by atoms with Gasteiger partial charge in [-0.2, -0.15) is 0 Å². The zero-order chi connectivity index (χ0) is 12.5. The van der Waals surface area contributed by atoms with Crippen LogP contribution in [0.25, 0.3) is 5.69 Å². The minimum atomic E-state index is 0.694. The number of benzene rings is 1. The van der Waals surface area contributed by atoms with Crippen molar-refractivity contribution in [2.75, 3.05) is 0 Å². The molecule has 0 bridgehead atoms. The largest absolute Gasteiger partial charge is 0.308 e. The van der Waals surface area contributed by atoms with Crippen molar-refractivity contribution in [1.82, 2.24) is 20.3 Å². The molecular formula is C13H15BrN4. The lowest BCUT2D eigenvalue weighted by atomic mass is 10.2. The van der Waals surface area contributed by atoms with Crippen LogP contribution >= 0.6 is 15.9 Å². The molecule has 0 unspecified atom stereocenters. The Labute approximate surface area is 115 Å². The van der Waals surface area contributed by atoms with Crippen LogP contribution < -0.4 is 5.32 Å². The third-order valence-corrected chi connectivity index (χ3v) is 4.04. The van der Waals surface area contributed by atoms with Crippen molar-refractivity contribution in [2.45, 2.75) is 32.4 Å². The van der Waals surface area contributed by atoms with Crippen molar-refractivity contribution in [1.29, 1.82) is 0 Å². The first-order chi connectivity index (χ1) is 8.74. The minimum absolute atomic E-state index is 0.694. The monoisotopic (exact) mass is 306 g/mol. The Balaban J connectivity index is 1.85. The molecule has 1 aliphatic carbocycles. The summed E-state index contributed by atoms with van der Waals surface area (Å²) in [5.74, 6) is 0. The van der Waals surface area contributed by atoms with Crippen LogP contribution in [-0.2, 0) is 6.54 Å². The molecule has 0 aliphatic heterocycles. The quantitative estimate of drug-likeness (QED) is 0.944. The van der Waals surface area contributed by atoms with Crippen LogP contribution in [-0.4, -0.2) is 21.0 Å². The molecule has 5 heteroatoms. The Morgan fingerprint density at radius 3 is 3.00 bits per heavy atom. The first-order valence-corrected chi connectivity index (χ1v) is 6.93. The van der Waals surface area contributed by atoms with Crippen molar-refractivity contribution in [3.8, 4) is 5.69 Å². The number of hydrogen-bond donors (Lipinski definition) is 1. The summed E-state index contributed by atoms with van der Waals surface area (Å²) in [5.41, 5.74) is 3.36. The van der Waals surface area contributed by atoms with E-state index in [2.05, 4.69) is 44.5 Å². The Morgan fingerprint density at radius 1 is 1.44 bits per heavy atom. The van der Waals surface area contributed by atoms with E-state index < -0.39 is 0 Å². The van der Waals surface area contributed by atoms with E-state index in [1.54, 1.807) is 0 Å². The lowest BCUT2D eigenvalue weighted by Crippen LogP contribution is -2.18. The molecule has 1 aliphatic rings. The average Bonchev–Trinajstić information content (AvgIpc) is 3.08. The van der Waals surface area contributed by atoms with Crippen LogP contribution in [0.1, 0.15) is 24.1 Å². The van der Waals surface area contributed by atoms with Gasteiger partial charge >= 0.3 is 0 Å². The predicted octanol–water partition coefficient (Wildman–Crippen LogP) is 2.59. The SMILES string of the molecule is Cc1cc(-n2nncc2CNC2CC2)ccc1Br. The summed E-state index contributed by atoms with van der Waals surface area (Å²) in [5, 5.41) is 11.7. The molecule has 1 aromatic heterocycles. The molecule has 94 valence electrons. The molecular weight excluding hydrogens is 292 g/mol. The number of nitrogens with one attached hydrogen (secondary N) is 1. The summed E-state index contributed by atoms with van der Waals surface area (Å²) in [6.45, 7) is 2.90. The van der Waals surface area contributed by atoms with Crippen LogP contribution in [0.5, 0.6) is 0 Å². The molecule has 3 rings (SSSR count). The Morgan fingerprint density at radius 2 is 2.28 bits per heavy atom. The summed E-state index contributed by atoms with van der Waals surface area (Å²) < 4.78 is 3.01. The number of halogens is 1. The molecule has 1 saturated carbocycles. The summed E-state index contributed by atoms with van der Waals surface area (Å²) in [4.78, 5) is 0. The molecule has 0 radical (unpaired) electrons. The van der Waals surface area contributed by atoms with Gasteiger partial charge in [0.05, 0.1) is 17.6 Å². The number of rotatable bonds is 4. The van der Waals surface area contributed by atoms with Gasteiger partial charge in [0.25, 0.3) is 0 Å².